The van der Waals surface area contributed by atoms with Crippen molar-refractivity contribution in [1.29, 1.82) is 0 Å². The van der Waals surface area contributed by atoms with Gasteiger partial charge in [0.2, 0.25) is 0 Å². The van der Waals surface area contributed by atoms with Crippen LogP contribution in [0.5, 0.6) is 0 Å². The Balaban J connectivity index is 1.69. The lowest BCUT2D eigenvalue weighted by atomic mass is 9.84. The van der Waals surface area contributed by atoms with Gasteiger partial charge in [-0.05, 0) is 55.4 Å². The molecule has 0 N–H and O–H groups in total. The van der Waals surface area contributed by atoms with Crippen LogP contribution in [0.2, 0.25) is 0 Å². The van der Waals surface area contributed by atoms with Crippen molar-refractivity contribution in [2.75, 3.05) is 0 Å². The minimum Gasteiger partial charge on any atom is -0.0622 e. The molecule has 1 aromatic carbocycles. The molecule has 1 radical (unpaired) electrons. The lowest BCUT2D eigenvalue weighted by molar-refractivity contribution is 0.398. The van der Waals surface area contributed by atoms with E-state index in [-0.39, 0.29) is 0 Å². The van der Waals surface area contributed by atoms with E-state index in [9.17, 15) is 0 Å². The van der Waals surface area contributed by atoms with Gasteiger partial charge in [-0.2, -0.15) is 0 Å². The van der Waals surface area contributed by atoms with Gasteiger partial charge in [-0.1, -0.05) is 30.3 Å². The van der Waals surface area contributed by atoms with Crippen LogP contribution in [0.4, 0.5) is 0 Å². The van der Waals surface area contributed by atoms with E-state index in [0.717, 1.165) is 17.8 Å². The Labute approximate surface area is 86.3 Å². The van der Waals surface area contributed by atoms with Crippen LogP contribution in [0.3, 0.4) is 0 Å². The number of hydrogen-bond acceptors (Lipinski definition) is 0. The van der Waals surface area contributed by atoms with E-state index in [1.165, 1.54) is 31.2 Å². The van der Waals surface area contributed by atoms with E-state index < -0.39 is 0 Å². The molecule has 0 heteroatoms. The lowest BCUT2D eigenvalue weighted by Gasteiger charge is -2.21. The Hall–Kier alpha value is -0.780. The summed E-state index contributed by atoms with van der Waals surface area (Å²) in [6.45, 7) is 0. The molecule has 0 heterocycles. The fourth-order valence-corrected chi connectivity index (χ4v) is 3.24. The molecule has 2 aliphatic carbocycles. The molecule has 2 bridgehead atoms. The van der Waals surface area contributed by atoms with Crippen LogP contribution in [-0.4, -0.2) is 0 Å². The van der Waals surface area contributed by atoms with Gasteiger partial charge in [0.15, 0.2) is 0 Å². The molecule has 0 amide bonds. The summed E-state index contributed by atoms with van der Waals surface area (Å²) in [5, 5.41) is 0. The standard InChI is InChI=1S/C14H17/c1-2-4-11(5-3-1)8-14-10-12-6-7-13(14)9-12/h1-5,10,12-14H,6-9H2. The monoisotopic (exact) mass is 185 g/mol. The first-order valence-electron chi connectivity index (χ1n) is 5.81. The normalized spacial score (nSPS) is 35.0. The van der Waals surface area contributed by atoms with Gasteiger partial charge >= 0.3 is 0 Å². The Bertz CT molecular complexity index is 301. The molecule has 0 nitrogen and oxygen atoms in total. The van der Waals surface area contributed by atoms with Gasteiger partial charge in [0.25, 0.3) is 0 Å². The Morgan fingerprint density at radius 2 is 1.93 bits per heavy atom. The molecule has 0 aromatic heterocycles. The zero-order chi connectivity index (χ0) is 9.38. The molecule has 73 valence electrons. The van der Waals surface area contributed by atoms with Gasteiger partial charge in [0, 0.05) is 0 Å². The SMILES string of the molecule is [CH]1C2CCC(C2)C1Cc1ccccc1. The average Bonchev–Trinajstić information content (AvgIpc) is 2.81. The number of hydrogen-bond donors (Lipinski definition) is 0. The van der Waals surface area contributed by atoms with Crippen molar-refractivity contribution >= 4 is 0 Å². The Morgan fingerprint density at radius 3 is 2.57 bits per heavy atom. The molecule has 3 rings (SSSR count). The predicted molar refractivity (Wildman–Crippen MR) is 58.8 cm³/mol. The summed E-state index contributed by atoms with van der Waals surface area (Å²) in [7, 11) is 0. The quantitative estimate of drug-likeness (QED) is 0.661. The molecule has 0 spiro atoms. The molecule has 3 unspecified atom stereocenters. The molecule has 2 aliphatic rings. The number of fused-ring (bicyclic) bond motifs is 2. The summed E-state index contributed by atoms with van der Waals surface area (Å²) in [6, 6.07) is 10.9. The maximum atomic E-state index is 2.63. The first-order chi connectivity index (χ1) is 6.92. The van der Waals surface area contributed by atoms with Gasteiger partial charge in [0.1, 0.15) is 0 Å². The van der Waals surface area contributed by atoms with Crippen LogP contribution in [0.25, 0.3) is 0 Å². The summed E-state index contributed by atoms with van der Waals surface area (Å²) in [5.41, 5.74) is 1.52. The van der Waals surface area contributed by atoms with E-state index in [0.29, 0.717) is 0 Å². The van der Waals surface area contributed by atoms with E-state index in [1.54, 1.807) is 0 Å². The largest absolute Gasteiger partial charge is 0.0622 e. The average molecular weight is 185 g/mol. The van der Waals surface area contributed by atoms with Crippen molar-refractivity contribution in [2.45, 2.75) is 25.7 Å². The molecule has 0 aliphatic heterocycles. The number of rotatable bonds is 2. The topological polar surface area (TPSA) is 0 Å². The first-order valence-corrected chi connectivity index (χ1v) is 5.81. The van der Waals surface area contributed by atoms with Crippen molar-refractivity contribution < 1.29 is 0 Å². The zero-order valence-corrected chi connectivity index (χ0v) is 8.52. The highest BCUT2D eigenvalue weighted by molar-refractivity contribution is 5.17. The highest BCUT2D eigenvalue weighted by atomic mass is 14.4. The van der Waals surface area contributed by atoms with Gasteiger partial charge in [-0.15, -0.1) is 0 Å². The molecule has 2 fully saturated rings. The molecule has 14 heavy (non-hydrogen) atoms. The Kier molecular flexibility index (Phi) is 2.08. The Morgan fingerprint density at radius 1 is 1.07 bits per heavy atom. The fourth-order valence-electron chi connectivity index (χ4n) is 3.24. The van der Waals surface area contributed by atoms with Crippen molar-refractivity contribution in [2.24, 2.45) is 17.8 Å². The molecule has 3 atom stereocenters. The van der Waals surface area contributed by atoms with Crippen molar-refractivity contribution in [1.82, 2.24) is 0 Å². The van der Waals surface area contributed by atoms with Crippen LogP contribution in [0.15, 0.2) is 30.3 Å². The van der Waals surface area contributed by atoms with Crippen LogP contribution < -0.4 is 0 Å². The smallest absolute Gasteiger partial charge is 0.0245 e. The third kappa shape index (κ3) is 1.47. The van der Waals surface area contributed by atoms with Gasteiger partial charge in [-0.25, -0.2) is 0 Å². The van der Waals surface area contributed by atoms with Crippen LogP contribution >= 0.6 is 0 Å². The molecule has 1 aromatic rings. The highest BCUT2D eigenvalue weighted by Gasteiger charge is 2.39. The second kappa shape index (κ2) is 3.42. The summed E-state index contributed by atoms with van der Waals surface area (Å²) in [6.07, 6.45) is 8.34. The van der Waals surface area contributed by atoms with E-state index in [1.807, 2.05) is 0 Å². The van der Waals surface area contributed by atoms with Crippen molar-refractivity contribution in [3.8, 4) is 0 Å². The van der Waals surface area contributed by atoms with Crippen molar-refractivity contribution in [3.05, 3.63) is 42.3 Å². The molecular weight excluding hydrogens is 168 g/mol. The minimum atomic E-state index is 0.885. The van der Waals surface area contributed by atoms with Crippen molar-refractivity contribution in [3.63, 3.8) is 0 Å². The third-order valence-corrected chi connectivity index (χ3v) is 3.95. The first kappa shape index (κ1) is 8.52. The highest BCUT2D eigenvalue weighted by Crippen LogP contribution is 2.48. The maximum absolute atomic E-state index is 2.63. The number of benzene rings is 1. The van der Waals surface area contributed by atoms with E-state index in [4.69, 9.17) is 0 Å². The fraction of sp³-hybridized carbons (Fsp3) is 0.500. The molecular formula is C14H17. The minimum absolute atomic E-state index is 0.885. The van der Waals surface area contributed by atoms with Crippen LogP contribution in [-0.2, 0) is 6.42 Å². The summed E-state index contributed by atoms with van der Waals surface area (Å²) in [4.78, 5) is 0. The predicted octanol–water partition coefficient (Wildman–Crippen LogP) is 3.48. The van der Waals surface area contributed by atoms with E-state index >= 15 is 0 Å². The zero-order valence-electron chi connectivity index (χ0n) is 8.52. The second-order valence-corrected chi connectivity index (χ2v) is 4.88. The van der Waals surface area contributed by atoms with Crippen LogP contribution in [0.1, 0.15) is 24.8 Å². The maximum Gasteiger partial charge on any atom is -0.0245 e. The summed E-state index contributed by atoms with van der Waals surface area (Å²) < 4.78 is 0. The van der Waals surface area contributed by atoms with E-state index in [2.05, 4.69) is 36.8 Å². The summed E-state index contributed by atoms with van der Waals surface area (Å²) >= 11 is 0. The second-order valence-electron chi connectivity index (χ2n) is 4.88. The molecule has 2 saturated carbocycles. The summed E-state index contributed by atoms with van der Waals surface area (Å²) in [5.74, 6) is 2.87. The van der Waals surface area contributed by atoms with Gasteiger partial charge in [0.05, 0.1) is 0 Å². The van der Waals surface area contributed by atoms with Gasteiger partial charge in [-0.3, -0.25) is 0 Å². The van der Waals surface area contributed by atoms with Gasteiger partial charge < -0.3 is 0 Å². The third-order valence-electron chi connectivity index (χ3n) is 3.95. The van der Waals surface area contributed by atoms with Crippen LogP contribution in [0, 0.1) is 24.2 Å². The lowest BCUT2D eigenvalue weighted by Crippen LogP contribution is -2.13. The molecule has 0 saturated heterocycles.